The second kappa shape index (κ2) is 8.19. The molecule has 0 spiro atoms. The molecule has 0 unspecified atom stereocenters. The number of esters is 1. The number of nitrogens with one attached hydrogen (secondary N) is 1. The van der Waals surface area contributed by atoms with Gasteiger partial charge in [-0.25, -0.2) is 0 Å². The van der Waals surface area contributed by atoms with E-state index in [2.05, 4.69) is 10.5 Å². The van der Waals surface area contributed by atoms with Crippen LogP contribution in [0.2, 0.25) is 5.02 Å². The van der Waals surface area contributed by atoms with Gasteiger partial charge in [-0.3, -0.25) is 10.2 Å². The van der Waals surface area contributed by atoms with Crippen LogP contribution in [0, 0.1) is 0 Å². The van der Waals surface area contributed by atoms with Gasteiger partial charge in [-0.2, -0.15) is 5.10 Å². The van der Waals surface area contributed by atoms with Crippen molar-refractivity contribution in [2.45, 2.75) is 13.8 Å². The molecule has 0 atom stereocenters. The predicted molar refractivity (Wildman–Crippen MR) is 91.6 cm³/mol. The lowest BCUT2D eigenvalue weighted by Gasteiger charge is -2.12. The first kappa shape index (κ1) is 16.8. The maximum Gasteiger partial charge on any atom is 0.308 e. The Hall–Kier alpha value is -2.53. The molecule has 6 heteroatoms. The molecule has 0 heterocycles. The van der Waals surface area contributed by atoms with E-state index in [1.807, 2.05) is 37.3 Å². The van der Waals surface area contributed by atoms with Gasteiger partial charge in [0.15, 0.2) is 11.5 Å². The third-order valence-electron chi connectivity index (χ3n) is 2.76. The molecule has 0 bridgehead atoms. The second-order valence-electron chi connectivity index (χ2n) is 4.59. The molecule has 0 aliphatic rings. The van der Waals surface area contributed by atoms with Crippen LogP contribution >= 0.6 is 11.6 Å². The molecule has 5 nitrogen and oxygen atoms in total. The molecule has 2 aromatic carbocycles. The van der Waals surface area contributed by atoms with E-state index in [4.69, 9.17) is 21.1 Å². The monoisotopic (exact) mass is 332 g/mol. The highest BCUT2D eigenvalue weighted by molar-refractivity contribution is 6.32. The number of halogens is 1. The Balaban J connectivity index is 2.20. The Labute approximate surface area is 139 Å². The molecule has 0 aromatic heterocycles. The fourth-order valence-corrected chi connectivity index (χ4v) is 2.12. The van der Waals surface area contributed by atoms with Crippen molar-refractivity contribution >= 4 is 29.5 Å². The predicted octanol–water partition coefficient (Wildman–Crippen LogP) is 4.11. The average molecular weight is 333 g/mol. The van der Waals surface area contributed by atoms with Gasteiger partial charge in [-0.1, -0.05) is 29.8 Å². The molecule has 0 saturated carbocycles. The Kier molecular flexibility index (Phi) is 6.00. The van der Waals surface area contributed by atoms with Gasteiger partial charge in [0.2, 0.25) is 0 Å². The highest BCUT2D eigenvalue weighted by Crippen LogP contribution is 2.36. The smallest absolute Gasteiger partial charge is 0.308 e. The van der Waals surface area contributed by atoms with Crippen LogP contribution in [0.1, 0.15) is 19.4 Å². The minimum atomic E-state index is -0.458. The van der Waals surface area contributed by atoms with Gasteiger partial charge in [-0.05, 0) is 36.8 Å². The first-order chi connectivity index (χ1) is 11.1. The number of hydrogen-bond donors (Lipinski definition) is 1. The normalized spacial score (nSPS) is 10.6. The first-order valence-electron chi connectivity index (χ1n) is 7.09. The van der Waals surface area contributed by atoms with Crippen LogP contribution in [0.4, 0.5) is 5.69 Å². The van der Waals surface area contributed by atoms with E-state index in [9.17, 15) is 4.79 Å². The van der Waals surface area contributed by atoms with Crippen LogP contribution in [0.15, 0.2) is 47.6 Å². The van der Waals surface area contributed by atoms with Crippen molar-refractivity contribution in [1.29, 1.82) is 0 Å². The summed E-state index contributed by atoms with van der Waals surface area (Å²) in [5, 5.41) is 4.43. The Morgan fingerprint density at radius 2 is 2.04 bits per heavy atom. The summed E-state index contributed by atoms with van der Waals surface area (Å²) >= 11 is 6.17. The summed E-state index contributed by atoms with van der Waals surface area (Å²) in [6.45, 7) is 3.57. The molecular formula is C17H17ClN2O3. The van der Waals surface area contributed by atoms with Gasteiger partial charge < -0.3 is 9.47 Å². The molecule has 0 radical (unpaired) electrons. The van der Waals surface area contributed by atoms with Gasteiger partial charge in [0, 0.05) is 6.92 Å². The highest BCUT2D eigenvalue weighted by Gasteiger charge is 2.14. The zero-order valence-electron chi connectivity index (χ0n) is 12.9. The Bertz CT molecular complexity index is 702. The number of hydrazone groups is 1. The molecule has 120 valence electrons. The largest absolute Gasteiger partial charge is 0.490 e. The number of carbonyl (C=O) groups is 1. The summed E-state index contributed by atoms with van der Waals surface area (Å²) in [6, 6.07) is 12.9. The van der Waals surface area contributed by atoms with Gasteiger partial charge in [0.25, 0.3) is 0 Å². The molecular weight excluding hydrogens is 316 g/mol. The van der Waals surface area contributed by atoms with Crippen molar-refractivity contribution in [2.75, 3.05) is 12.0 Å². The van der Waals surface area contributed by atoms with Crippen LogP contribution in [0.3, 0.4) is 0 Å². The highest BCUT2D eigenvalue weighted by atomic mass is 35.5. The molecule has 0 amide bonds. The number of para-hydroxylation sites is 1. The van der Waals surface area contributed by atoms with Gasteiger partial charge in [0.05, 0.1) is 23.5 Å². The van der Waals surface area contributed by atoms with Crippen molar-refractivity contribution in [1.82, 2.24) is 0 Å². The molecule has 0 aliphatic carbocycles. The van der Waals surface area contributed by atoms with Crippen molar-refractivity contribution in [3.05, 3.63) is 53.1 Å². The van der Waals surface area contributed by atoms with Gasteiger partial charge in [0.1, 0.15) is 0 Å². The van der Waals surface area contributed by atoms with E-state index in [-0.39, 0.29) is 10.8 Å². The maximum atomic E-state index is 11.2. The van der Waals surface area contributed by atoms with E-state index in [1.54, 1.807) is 18.3 Å². The van der Waals surface area contributed by atoms with Crippen molar-refractivity contribution in [3.8, 4) is 11.5 Å². The van der Waals surface area contributed by atoms with Crippen LogP contribution in [-0.2, 0) is 4.79 Å². The topological polar surface area (TPSA) is 59.9 Å². The summed E-state index contributed by atoms with van der Waals surface area (Å²) in [5.41, 5.74) is 4.50. The van der Waals surface area contributed by atoms with Crippen LogP contribution in [-0.4, -0.2) is 18.8 Å². The average Bonchev–Trinajstić information content (AvgIpc) is 2.52. The maximum absolute atomic E-state index is 11.2. The molecule has 0 fully saturated rings. The quantitative estimate of drug-likeness (QED) is 0.374. The Morgan fingerprint density at radius 3 is 2.70 bits per heavy atom. The number of benzene rings is 2. The van der Waals surface area contributed by atoms with E-state index in [1.165, 1.54) is 6.92 Å². The first-order valence-corrected chi connectivity index (χ1v) is 7.47. The zero-order valence-corrected chi connectivity index (χ0v) is 13.6. The minimum absolute atomic E-state index is 0.217. The van der Waals surface area contributed by atoms with Crippen LogP contribution in [0.25, 0.3) is 0 Å². The molecule has 2 aromatic rings. The van der Waals surface area contributed by atoms with E-state index < -0.39 is 5.97 Å². The fraction of sp³-hybridized carbons (Fsp3) is 0.176. The van der Waals surface area contributed by atoms with E-state index >= 15 is 0 Å². The number of hydrogen-bond acceptors (Lipinski definition) is 5. The summed E-state index contributed by atoms with van der Waals surface area (Å²) in [6.07, 6.45) is 1.61. The van der Waals surface area contributed by atoms with Crippen molar-refractivity contribution in [2.24, 2.45) is 5.10 Å². The molecule has 0 aliphatic heterocycles. The van der Waals surface area contributed by atoms with Crippen molar-refractivity contribution < 1.29 is 14.3 Å². The number of carbonyl (C=O) groups excluding carboxylic acids is 1. The molecule has 1 N–H and O–H groups in total. The summed E-state index contributed by atoms with van der Waals surface area (Å²) in [4.78, 5) is 11.2. The zero-order chi connectivity index (χ0) is 16.7. The van der Waals surface area contributed by atoms with E-state index in [0.717, 1.165) is 11.3 Å². The molecule has 2 rings (SSSR count). The lowest BCUT2D eigenvalue weighted by atomic mass is 10.2. The summed E-state index contributed by atoms with van der Waals surface area (Å²) in [7, 11) is 0. The number of ether oxygens (including phenoxy) is 2. The van der Waals surface area contributed by atoms with E-state index in [0.29, 0.717) is 12.4 Å². The van der Waals surface area contributed by atoms with Crippen LogP contribution in [0.5, 0.6) is 11.5 Å². The minimum Gasteiger partial charge on any atom is -0.490 e. The third kappa shape index (κ3) is 5.00. The molecule has 23 heavy (non-hydrogen) atoms. The number of nitrogens with zero attached hydrogens (tertiary/aromatic N) is 1. The standard InChI is InChI=1S/C17H17ClN2O3/c1-3-22-16-10-13(9-15(18)17(16)23-12(2)21)11-19-20-14-7-5-4-6-8-14/h4-11,20H,3H2,1-2H3. The molecule has 0 saturated heterocycles. The Morgan fingerprint density at radius 1 is 1.30 bits per heavy atom. The number of anilines is 1. The summed E-state index contributed by atoms with van der Waals surface area (Å²) < 4.78 is 10.6. The van der Waals surface area contributed by atoms with Gasteiger partial charge in [-0.15, -0.1) is 0 Å². The number of rotatable bonds is 6. The second-order valence-corrected chi connectivity index (χ2v) is 5.00. The lowest BCUT2D eigenvalue weighted by molar-refractivity contribution is -0.132. The van der Waals surface area contributed by atoms with Crippen molar-refractivity contribution in [3.63, 3.8) is 0 Å². The van der Waals surface area contributed by atoms with Crippen LogP contribution < -0.4 is 14.9 Å². The lowest BCUT2D eigenvalue weighted by Crippen LogP contribution is -2.05. The summed E-state index contributed by atoms with van der Waals surface area (Å²) in [5.74, 6) is 0.158. The third-order valence-corrected chi connectivity index (χ3v) is 3.04. The fourth-order valence-electron chi connectivity index (χ4n) is 1.86. The van der Waals surface area contributed by atoms with Gasteiger partial charge >= 0.3 is 5.97 Å². The SMILES string of the molecule is CCOc1cc(C=NNc2ccccc2)cc(Cl)c1OC(C)=O.